The number of aliphatic hydroxyl groups excluding tert-OH is 1. The Kier molecular flexibility index (Phi) is 47.9. The van der Waals surface area contributed by atoms with Gasteiger partial charge in [-0.1, -0.05) is 64.2 Å². The van der Waals surface area contributed by atoms with E-state index < -0.39 is 18.1 Å². The third-order valence-corrected chi connectivity index (χ3v) is 15.2. The quantitative estimate of drug-likeness (QED) is 0.0263. The predicted molar refractivity (Wildman–Crippen MR) is 322 cm³/mol. The van der Waals surface area contributed by atoms with Gasteiger partial charge in [-0.3, -0.25) is 14.4 Å². The van der Waals surface area contributed by atoms with Gasteiger partial charge < -0.3 is 81.0 Å². The highest BCUT2D eigenvalue weighted by Crippen LogP contribution is 2.31. The average molecular weight is 1210 g/mol. The summed E-state index contributed by atoms with van der Waals surface area (Å²) in [6.45, 7) is 21.9. The normalized spacial score (nSPS) is 21.0. The van der Waals surface area contributed by atoms with Crippen LogP contribution in [0.2, 0.25) is 0 Å². The molecule has 0 aromatic heterocycles. The van der Waals surface area contributed by atoms with Crippen molar-refractivity contribution < 1.29 is 95.4 Å². The van der Waals surface area contributed by atoms with Gasteiger partial charge in [-0.2, -0.15) is 0 Å². The topological polar surface area (TPSA) is 235 Å². The maximum Gasteiger partial charge on any atom is 0.293 e. The van der Waals surface area contributed by atoms with Crippen molar-refractivity contribution in [2.24, 2.45) is 29.6 Å². The summed E-state index contributed by atoms with van der Waals surface area (Å²) in [5, 5.41) is 11.0. The molecule has 0 bridgehead atoms. The summed E-state index contributed by atoms with van der Waals surface area (Å²) in [6, 6.07) is 0. The van der Waals surface area contributed by atoms with Gasteiger partial charge in [-0.05, 0) is 101 Å². The van der Waals surface area contributed by atoms with Crippen LogP contribution in [0.25, 0.3) is 0 Å². The highest BCUT2D eigenvalue weighted by Gasteiger charge is 2.30. The van der Waals surface area contributed by atoms with Gasteiger partial charge in [0.25, 0.3) is 6.47 Å². The molecule has 7 unspecified atom stereocenters. The summed E-state index contributed by atoms with van der Waals surface area (Å²) in [5.41, 5.74) is 1.63. The minimum atomic E-state index is -1.000. The molecule has 2 rings (SSSR count). The van der Waals surface area contributed by atoms with Crippen molar-refractivity contribution in [3.63, 3.8) is 0 Å². The molecule has 20 nitrogen and oxygen atoms in total. The van der Waals surface area contributed by atoms with E-state index in [1.54, 1.807) is 27.0 Å². The lowest BCUT2D eigenvalue weighted by molar-refractivity contribution is -0.137. The molecule has 1 saturated carbocycles. The molecule has 0 amide bonds. The summed E-state index contributed by atoms with van der Waals surface area (Å²) < 4.78 is 78.1. The van der Waals surface area contributed by atoms with Gasteiger partial charge in [-0.15, -0.1) is 0 Å². The largest absolute Gasteiger partial charge is 0.464 e. The molecule has 1 N–H and O–H groups in total. The minimum Gasteiger partial charge on any atom is -0.464 e. The number of methoxy groups -OCH3 is 1. The monoisotopic (exact) mass is 1210 g/mol. The van der Waals surface area contributed by atoms with Crippen LogP contribution in [0.5, 0.6) is 0 Å². The van der Waals surface area contributed by atoms with E-state index in [4.69, 9.17) is 66.3 Å². The molecule has 0 aromatic carbocycles. The van der Waals surface area contributed by atoms with Gasteiger partial charge in [0.1, 0.15) is 36.3 Å². The number of aldehydes is 2. The first-order valence-corrected chi connectivity index (χ1v) is 31.3. The zero-order valence-electron chi connectivity index (χ0n) is 52.8. The number of allylic oxidation sites excluding steroid dienone is 6. The number of ether oxygens (including phenoxy) is 14. The molecule has 1 heterocycles. The van der Waals surface area contributed by atoms with Gasteiger partial charge >= 0.3 is 0 Å². The van der Waals surface area contributed by atoms with Gasteiger partial charge in [0.15, 0.2) is 0 Å². The average Bonchev–Trinajstić information content (AvgIpc) is 3.54. The van der Waals surface area contributed by atoms with Gasteiger partial charge in [0.05, 0.1) is 163 Å². The highest BCUT2D eigenvalue weighted by atomic mass is 16.6. The molecule has 9 atom stereocenters. The second-order valence-electron chi connectivity index (χ2n) is 22.2. The first kappa shape index (κ1) is 77.6. The van der Waals surface area contributed by atoms with Gasteiger partial charge in [-0.25, -0.2) is 0 Å². The minimum absolute atomic E-state index is 0.0124. The molecule has 0 aromatic rings. The number of hydrogen-bond donors (Lipinski definition) is 1. The molecule has 0 radical (unpaired) electrons. The van der Waals surface area contributed by atoms with E-state index in [9.17, 15) is 29.1 Å². The molecule has 2 fully saturated rings. The molecule has 1 aliphatic carbocycles. The van der Waals surface area contributed by atoms with Crippen LogP contribution < -0.4 is 0 Å². The van der Waals surface area contributed by atoms with Crippen LogP contribution in [0.15, 0.2) is 47.6 Å². The van der Waals surface area contributed by atoms with Crippen LogP contribution >= 0.6 is 0 Å². The number of aliphatic hydroxyl groups is 1. The van der Waals surface area contributed by atoms with Crippen molar-refractivity contribution in [2.45, 2.75) is 162 Å². The highest BCUT2D eigenvalue weighted by molar-refractivity contribution is 5.83. The Balaban J connectivity index is 1.45. The van der Waals surface area contributed by atoms with Crippen LogP contribution in [-0.2, 0) is 90.3 Å². The van der Waals surface area contributed by atoms with Crippen LogP contribution in [0.3, 0.4) is 0 Å². The third-order valence-electron chi connectivity index (χ3n) is 15.2. The zero-order valence-corrected chi connectivity index (χ0v) is 52.8. The van der Waals surface area contributed by atoms with Crippen molar-refractivity contribution >= 4 is 30.6 Å². The van der Waals surface area contributed by atoms with Crippen molar-refractivity contribution in [1.29, 1.82) is 0 Å². The number of hydrogen-bond acceptors (Lipinski definition) is 20. The first-order chi connectivity index (χ1) is 41.3. The fourth-order valence-electron chi connectivity index (χ4n) is 9.84. The number of Topliss-reactive ketones (excluding diaryl/α,β-unsaturated/α-hetero) is 2. The Bertz CT molecular complexity index is 1820. The Morgan fingerprint density at radius 1 is 0.600 bits per heavy atom. The molecule has 0 spiro atoms. The predicted octanol–water partition coefficient (Wildman–Crippen LogP) is 8.01. The second-order valence-corrected chi connectivity index (χ2v) is 22.2. The van der Waals surface area contributed by atoms with E-state index in [-0.39, 0.29) is 66.6 Å². The Hall–Kier alpha value is -3.45. The lowest BCUT2D eigenvalue weighted by Gasteiger charge is -2.33. The molecule has 1 saturated heterocycles. The number of ketones is 2. The fraction of sp³-hybridized carbons (Fsp3) is 0.800. The van der Waals surface area contributed by atoms with E-state index in [1.165, 1.54) is 0 Å². The molecule has 490 valence electrons. The van der Waals surface area contributed by atoms with Crippen LogP contribution in [0.1, 0.15) is 125 Å². The summed E-state index contributed by atoms with van der Waals surface area (Å²) in [7, 11) is 1.69. The molecule has 20 heteroatoms. The maximum atomic E-state index is 13.3. The van der Waals surface area contributed by atoms with Crippen molar-refractivity contribution in [1.82, 2.24) is 0 Å². The maximum absolute atomic E-state index is 13.3. The lowest BCUT2D eigenvalue weighted by atomic mass is 9.83. The van der Waals surface area contributed by atoms with Crippen molar-refractivity contribution in [2.75, 3.05) is 146 Å². The Morgan fingerprint density at radius 2 is 1.11 bits per heavy atom. The van der Waals surface area contributed by atoms with E-state index >= 15 is 0 Å². The standard InChI is InChI=1S/C65H110O20/c1-51(12-9-8-10-13-52(2)64(72-7)47-60-18-14-53(3)65(49-67)85-60)44-54(4)62(70)48-63(71)56(6)45-55(5)61(69)46-59(84-50-68)21-17-57-15-19-58(20-16-57)83-43-42-82-41-40-81-39-38-80-37-36-79-35-34-78-33-32-77-31-30-76-29-28-75-27-26-74-25-24-73-23-11-22-66/h8-10,12-13,22,45,49-51,53-55,57-60,63-65,71H,11,14-21,23-44,46-48H2,1-7H3/b10-8+,12-9+,52-13+,56-45+/t51?,53-,54?,55?,57?,58?,59?,60+,63?,64?,65?/m1/s1. The second kappa shape index (κ2) is 52.5. The van der Waals surface area contributed by atoms with E-state index in [1.807, 2.05) is 45.1 Å². The lowest BCUT2D eigenvalue weighted by Crippen LogP contribution is -2.37. The van der Waals surface area contributed by atoms with Crippen molar-refractivity contribution in [3.05, 3.63) is 47.6 Å². The van der Waals surface area contributed by atoms with Crippen LogP contribution in [0, 0.1) is 29.6 Å². The summed E-state index contributed by atoms with van der Waals surface area (Å²) in [6.07, 6.45) is 20.6. The van der Waals surface area contributed by atoms with Gasteiger partial charge in [0, 0.05) is 44.6 Å². The van der Waals surface area contributed by atoms with E-state index in [0.29, 0.717) is 182 Å². The Labute approximate surface area is 509 Å². The number of carbonyl (C=O) groups excluding carboxylic acids is 5. The number of rotatable bonds is 57. The van der Waals surface area contributed by atoms with Gasteiger partial charge in [0.2, 0.25) is 0 Å². The summed E-state index contributed by atoms with van der Waals surface area (Å²) >= 11 is 0. The summed E-state index contributed by atoms with van der Waals surface area (Å²) in [5.74, 6) is -0.0815. The summed E-state index contributed by atoms with van der Waals surface area (Å²) in [4.78, 5) is 59.5. The van der Waals surface area contributed by atoms with Crippen molar-refractivity contribution in [3.8, 4) is 0 Å². The van der Waals surface area contributed by atoms with E-state index in [0.717, 1.165) is 63.1 Å². The zero-order chi connectivity index (χ0) is 62.0. The third kappa shape index (κ3) is 40.7. The molecule has 1 aliphatic heterocycles. The first-order valence-electron chi connectivity index (χ1n) is 31.3. The van der Waals surface area contributed by atoms with E-state index in [2.05, 4.69) is 13.0 Å². The van der Waals surface area contributed by atoms with Crippen LogP contribution in [-0.4, -0.2) is 218 Å². The fourth-order valence-corrected chi connectivity index (χ4v) is 9.84. The Morgan fingerprint density at radius 3 is 1.59 bits per heavy atom. The smallest absolute Gasteiger partial charge is 0.293 e. The molecular formula is C65H110O20. The van der Waals surface area contributed by atoms with Crippen LogP contribution in [0.4, 0.5) is 0 Å². The molecule has 85 heavy (non-hydrogen) atoms. The molecular weight excluding hydrogens is 1100 g/mol. The number of carbonyl (C=O) groups is 5. The SMILES string of the molecule is COC(C[C@@H]1CC[C@@H](C)C(C=O)O1)/C(C)=C/C=C/C=C/C(C)CC(C)C(=O)CC(O)/C(C)=C/C(C)C(=O)CC(CCC1CCC(OCCOCCOCCOCCOCCOCCOCCOCCOCCOCCOCCC=O)CC1)OC=O. The molecule has 2 aliphatic rings.